The van der Waals surface area contributed by atoms with Gasteiger partial charge in [0, 0.05) is 6.04 Å². The summed E-state index contributed by atoms with van der Waals surface area (Å²) in [6.07, 6.45) is 4.13. The van der Waals surface area contributed by atoms with Crippen LogP contribution in [0.2, 0.25) is 6.32 Å². The first kappa shape index (κ1) is 35.9. The number of esters is 1. The summed E-state index contributed by atoms with van der Waals surface area (Å²) >= 11 is 0. The van der Waals surface area contributed by atoms with E-state index < -0.39 is 28.6 Å². The van der Waals surface area contributed by atoms with Crippen LogP contribution in [0.25, 0.3) is 0 Å². The highest BCUT2D eigenvalue weighted by atomic mass is 16.7. The topological polar surface area (TPSA) is 112 Å². The van der Waals surface area contributed by atoms with Gasteiger partial charge in [-0.1, -0.05) is 63.9 Å². The van der Waals surface area contributed by atoms with Crippen molar-refractivity contribution >= 4 is 25.1 Å². The summed E-state index contributed by atoms with van der Waals surface area (Å²) in [5, 5.41) is 5.89. The van der Waals surface area contributed by atoms with Crippen LogP contribution < -0.4 is 10.6 Å². The van der Waals surface area contributed by atoms with E-state index in [1.54, 1.807) is 20.8 Å². The van der Waals surface area contributed by atoms with Crippen LogP contribution in [-0.4, -0.2) is 54.0 Å². The van der Waals surface area contributed by atoms with Gasteiger partial charge in [-0.2, -0.15) is 0 Å². The average Bonchev–Trinajstić information content (AvgIpc) is 3.39. The van der Waals surface area contributed by atoms with Gasteiger partial charge in [-0.3, -0.25) is 9.59 Å². The molecule has 0 aromatic heterocycles. The molecule has 3 atom stereocenters. The Hall–Kier alpha value is -2.59. The first-order chi connectivity index (χ1) is 20.2. The van der Waals surface area contributed by atoms with Crippen molar-refractivity contribution in [2.45, 2.75) is 150 Å². The van der Waals surface area contributed by atoms with E-state index in [9.17, 15) is 14.4 Å². The first-order valence-corrected chi connectivity index (χ1v) is 16.1. The molecule has 1 aliphatic carbocycles. The second kappa shape index (κ2) is 13.8. The molecule has 0 bridgehead atoms. The van der Waals surface area contributed by atoms with Gasteiger partial charge in [-0.05, 0) is 91.4 Å². The number of hydrogen-bond acceptors (Lipinski definition) is 7. The second-order valence-electron chi connectivity index (χ2n) is 15.7. The Balaban J connectivity index is 1.66. The zero-order valence-corrected chi connectivity index (χ0v) is 28.6. The van der Waals surface area contributed by atoms with Crippen molar-refractivity contribution in [3.63, 3.8) is 0 Å². The molecule has 0 radical (unpaired) electrons. The van der Waals surface area contributed by atoms with Crippen molar-refractivity contribution in [3.8, 4) is 0 Å². The Kier molecular flexibility index (Phi) is 11.3. The fourth-order valence-electron chi connectivity index (χ4n) is 5.88. The van der Waals surface area contributed by atoms with E-state index in [0.29, 0.717) is 25.7 Å². The maximum absolute atomic E-state index is 13.7. The molecule has 0 spiro atoms. The summed E-state index contributed by atoms with van der Waals surface area (Å²) in [5.74, 6) is -0.518. The minimum atomic E-state index is -0.808. The molecule has 3 rings (SSSR count). The quantitative estimate of drug-likeness (QED) is 0.164. The van der Waals surface area contributed by atoms with Crippen LogP contribution in [0.4, 0.5) is 4.79 Å². The number of unbranched alkanes of at least 4 members (excludes halogenated alkanes) is 1. The fourth-order valence-corrected chi connectivity index (χ4v) is 5.88. The Morgan fingerprint density at radius 2 is 1.59 bits per heavy atom. The molecule has 1 saturated carbocycles. The summed E-state index contributed by atoms with van der Waals surface area (Å²) in [4.78, 5) is 39.8. The third kappa shape index (κ3) is 9.71. The molecular formula is C34H55BN2O7. The molecule has 2 N–H and O–H groups in total. The molecule has 9 nitrogen and oxygen atoms in total. The maximum Gasteiger partial charge on any atom is 0.457 e. The van der Waals surface area contributed by atoms with Crippen molar-refractivity contribution in [1.29, 1.82) is 0 Å². The monoisotopic (exact) mass is 614 g/mol. The molecule has 1 heterocycles. The van der Waals surface area contributed by atoms with E-state index in [1.165, 1.54) is 0 Å². The van der Waals surface area contributed by atoms with Crippen LogP contribution in [0.5, 0.6) is 0 Å². The van der Waals surface area contributed by atoms with E-state index in [2.05, 4.69) is 10.6 Å². The van der Waals surface area contributed by atoms with E-state index in [-0.39, 0.29) is 42.8 Å². The molecule has 2 aliphatic rings. The zero-order valence-electron chi connectivity index (χ0n) is 28.6. The van der Waals surface area contributed by atoms with Crippen molar-refractivity contribution in [1.82, 2.24) is 10.6 Å². The normalized spacial score (nSPS) is 23.6. The van der Waals surface area contributed by atoms with Gasteiger partial charge in [0.1, 0.15) is 18.2 Å². The van der Waals surface area contributed by atoms with Crippen molar-refractivity contribution in [3.05, 3.63) is 35.9 Å². The van der Waals surface area contributed by atoms with Gasteiger partial charge in [-0.25, -0.2) is 4.79 Å². The van der Waals surface area contributed by atoms with Crippen LogP contribution in [0.3, 0.4) is 0 Å². The van der Waals surface area contributed by atoms with Gasteiger partial charge in [0.05, 0.1) is 16.6 Å². The third-order valence-corrected chi connectivity index (χ3v) is 9.04. The van der Waals surface area contributed by atoms with Crippen LogP contribution in [-0.2, 0) is 35.0 Å². The minimum Gasteiger partial charge on any atom is -0.460 e. The number of carbonyl (C=O) groups excluding carboxylic acids is 3. The molecule has 1 aromatic carbocycles. The smallest absolute Gasteiger partial charge is 0.457 e. The number of carbonyl (C=O) groups is 3. The molecule has 0 unspecified atom stereocenters. The summed E-state index contributed by atoms with van der Waals surface area (Å²) in [6, 6.07) is 8.62. The molecule has 246 valence electrons. The summed E-state index contributed by atoms with van der Waals surface area (Å²) < 4.78 is 23.6. The Bertz CT molecular complexity index is 1130. The van der Waals surface area contributed by atoms with Gasteiger partial charge in [-0.15, -0.1) is 0 Å². The highest BCUT2D eigenvalue weighted by molar-refractivity contribution is 6.45. The third-order valence-electron chi connectivity index (χ3n) is 9.04. The van der Waals surface area contributed by atoms with Crippen LogP contribution >= 0.6 is 0 Å². The molecular weight excluding hydrogens is 559 g/mol. The number of alkyl carbamates (subject to hydrolysis) is 1. The first-order valence-electron chi connectivity index (χ1n) is 16.1. The van der Waals surface area contributed by atoms with Crippen molar-refractivity contribution in [2.75, 3.05) is 0 Å². The fraction of sp³-hybridized carbons (Fsp3) is 0.735. The largest absolute Gasteiger partial charge is 0.460 e. The van der Waals surface area contributed by atoms with Gasteiger partial charge in [0.25, 0.3) is 0 Å². The van der Waals surface area contributed by atoms with Gasteiger partial charge >= 0.3 is 19.2 Å². The second-order valence-corrected chi connectivity index (χ2v) is 15.7. The lowest BCUT2D eigenvalue weighted by Crippen LogP contribution is -2.56. The predicted molar refractivity (Wildman–Crippen MR) is 172 cm³/mol. The summed E-state index contributed by atoms with van der Waals surface area (Å²) in [7, 11) is -0.275. The number of rotatable bonds is 11. The van der Waals surface area contributed by atoms with Crippen molar-refractivity contribution in [2.24, 2.45) is 10.8 Å². The predicted octanol–water partition coefficient (Wildman–Crippen LogP) is 6.59. The van der Waals surface area contributed by atoms with Crippen LogP contribution in [0, 0.1) is 10.8 Å². The highest BCUT2D eigenvalue weighted by Gasteiger charge is 2.51. The molecule has 2 fully saturated rings. The van der Waals surface area contributed by atoms with Gasteiger partial charge in [0.2, 0.25) is 5.91 Å². The van der Waals surface area contributed by atoms with Crippen LogP contribution in [0.1, 0.15) is 113 Å². The number of amides is 2. The Morgan fingerprint density at radius 3 is 2.16 bits per heavy atom. The SMILES string of the molecule is CC(C)(C)OC(=O)N[C@H](C(=O)N[C@H]1CC[C@@](CCCCB2OC(C)(C)C(C)(C)O2)(C(=O)OCc2ccccc2)C1)C(C)(C)C. The average molecular weight is 615 g/mol. The van der Waals surface area contributed by atoms with Gasteiger partial charge < -0.3 is 29.4 Å². The molecule has 1 aliphatic heterocycles. The Morgan fingerprint density at radius 1 is 0.977 bits per heavy atom. The zero-order chi connectivity index (χ0) is 33.0. The summed E-state index contributed by atoms with van der Waals surface area (Å²) in [5.41, 5.74) is -1.77. The van der Waals surface area contributed by atoms with E-state index >= 15 is 0 Å². The highest BCUT2D eigenvalue weighted by Crippen LogP contribution is 2.45. The van der Waals surface area contributed by atoms with Crippen molar-refractivity contribution < 1.29 is 33.2 Å². The lowest BCUT2D eigenvalue weighted by Gasteiger charge is -2.32. The van der Waals surface area contributed by atoms with Crippen LogP contribution in [0.15, 0.2) is 30.3 Å². The lowest BCUT2D eigenvalue weighted by atomic mass is 9.77. The lowest BCUT2D eigenvalue weighted by molar-refractivity contribution is -0.158. The number of hydrogen-bond donors (Lipinski definition) is 2. The molecule has 1 saturated heterocycles. The number of nitrogens with one attached hydrogen (secondary N) is 2. The Labute approximate surface area is 265 Å². The minimum absolute atomic E-state index is 0.207. The summed E-state index contributed by atoms with van der Waals surface area (Å²) in [6.45, 7) is 19.4. The van der Waals surface area contributed by atoms with Gasteiger partial charge in [0.15, 0.2) is 0 Å². The number of benzene rings is 1. The number of ether oxygens (including phenoxy) is 2. The molecule has 2 amide bonds. The molecule has 10 heteroatoms. The molecule has 1 aromatic rings. The van der Waals surface area contributed by atoms with E-state index in [1.807, 2.05) is 78.8 Å². The standard InChI is InChI=1S/C34H55BN2O7/c1-30(2,3)26(37-29(40)42-31(4,5)6)27(38)36-25-18-20-34(22-25,28(39)41-23-24-16-12-11-13-17-24)19-14-15-21-35-43-32(7,8)33(9,10)44-35/h11-13,16-17,25-26H,14-15,18-23H2,1-10H3,(H,36,38)(H,37,40)/t25-,26+,34+/m0/s1. The van der Waals surface area contributed by atoms with E-state index in [4.69, 9.17) is 18.8 Å². The molecule has 44 heavy (non-hydrogen) atoms. The van der Waals surface area contributed by atoms with E-state index in [0.717, 1.165) is 24.7 Å². The maximum atomic E-state index is 13.7.